The molecule has 2 heterocycles. The number of thiazole rings is 1. The fourth-order valence-corrected chi connectivity index (χ4v) is 3.72. The molecule has 0 radical (unpaired) electrons. The number of nitrogens with one attached hydrogen (secondary N) is 1. The SMILES string of the molecule is Cc1cc(C(=O)Nc2ccc(-c3nc4ccccc4s3)cc2)c(C)o1. The number of para-hydroxylation sites is 1. The fraction of sp³-hybridized carbons (Fsp3) is 0.100. The molecule has 4 nitrogen and oxygen atoms in total. The van der Waals surface area contributed by atoms with Crippen LogP contribution >= 0.6 is 11.3 Å². The van der Waals surface area contributed by atoms with Gasteiger partial charge in [-0.05, 0) is 56.3 Å². The van der Waals surface area contributed by atoms with E-state index in [1.165, 1.54) is 4.70 Å². The monoisotopic (exact) mass is 348 g/mol. The van der Waals surface area contributed by atoms with Gasteiger partial charge in [0.15, 0.2) is 0 Å². The number of amides is 1. The lowest BCUT2D eigenvalue weighted by Gasteiger charge is -2.05. The van der Waals surface area contributed by atoms with Crippen LogP contribution in [0, 0.1) is 13.8 Å². The van der Waals surface area contributed by atoms with Gasteiger partial charge < -0.3 is 9.73 Å². The minimum Gasteiger partial charge on any atom is -0.466 e. The lowest BCUT2D eigenvalue weighted by atomic mass is 10.2. The summed E-state index contributed by atoms with van der Waals surface area (Å²) in [5, 5.41) is 3.87. The minimum atomic E-state index is -0.165. The molecule has 25 heavy (non-hydrogen) atoms. The molecule has 0 fully saturated rings. The Labute approximate surface area is 149 Å². The zero-order valence-electron chi connectivity index (χ0n) is 13.9. The molecular formula is C20H16N2O2S. The standard InChI is InChI=1S/C20H16N2O2S/c1-12-11-16(13(2)24-12)19(23)21-15-9-7-14(8-10-15)20-22-17-5-3-4-6-18(17)25-20/h3-11H,1-2H3,(H,21,23). The van der Waals surface area contributed by atoms with Crippen molar-refractivity contribution < 1.29 is 9.21 Å². The van der Waals surface area contributed by atoms with Crippen LogP contribution in [0.1, 0.15) is 21.9 Å². The van der Waals surface area contributed by atoms with Gasteiger partial charge in [0.1, 0.15) is 16.5 Å². The Morgan fingerprint density at radius 3 is 2.52 bits per heavy atom. The maximum Gasteiger partial charge on any atom is 0.259 e. The number of anilines is 1. The van der Waals surface area contributed by atoms with Gasteiger partial charge in [-0.2, -0.15) is 0 Å². The summed E-state index contributed by atoms with van der Waals surface area (Å²) in [6.45, 7) is 3.62. The van der Waals surface area contributed by atoms with Gasteiger partial charge in [0.05, 0.1) is 15.8 Å². The van der Waals surface area contributed by atoms with E-state index in [0.717, 1.165) is 27.5 Å². The van der Waals surface area contributed by atoms with Crippen LogP contribution in [-0.4, -0.2) is 10.9 Å². The van der Waals surface area contributed by atoms with Crippen molar-refractivity contribution in [2.45, 2.75) is 13.8 Å². The molecule has 2 aromatic carbocycles. The first-order chi connectivity index (χ1) is 12.1. The van der Waals surface area contributed by atoms with Crippen LogP contribution in [0.15, 0.2) is 59.0 Å². The number of rotatable bonds is 3. The highest BCUT2D eigenvalue weighted by molar-refractivity contribution is 7.21. The van der Waals surface area contributed by atoms with Gasteiger partial charge in [-0.15, -0.1) is 11.3 Å². The number of aryl methyl sites for hydroxylation is 2. The van der Waals surface area contributed by atoms with Gasteiger partial charge in [0.25, 0.3) is 5.91 Å². The predicted octanol–water partition coefficient (Wildman–Crippen LogP) is 5.43. The number of benzene rings is 2. The van der Waals surface area contributed by atoms with Crippen LogP contribution in [-0.2, 0) is 0 Å². The maximum atomic E-state index is 12.3. The van der Waals surface area contributed by atoms with Gasteiger partial charge in [-0.3, -0.25) is 4.79 Å². The average Bonchev–Trinajstić information content (AvgIpc) is 3.18. The fourth-order valence-electron chi connectivity index (χ4n) is 2.75. The van der Waals surface area contributed by atoms with E-state index in [-0.39, 0.29) is 5.91 Å². The first-order valence-corrected chi connectivity index (χ1v) is 8.76. The second-order valence-corrected chi connectivity index (χ2v) is 6.88. The number of carbonyl (C=O) groups is 1. The normalized spacial score (nSPS) is 11.0. The Morgan fingerprint density at radius 1 is 1.08 bits per heavy atom. The Balaban J connectivity index is 1.55. The van der Waals surface area contributed by atoms with Crippen LogP contribution < -0.4 is 5.32 Å². The quantitative estimate of drug-likeness (QED) is 0.537. The summed E-state index contributed by atoms with van der Waals surface area (Å²) in [7, 11) is 0. The maximum absolute atomic E-state index is 12.3. The van der Waals surface area contributed by atoms with E-state index in [9.17, 15) is 4.79 Å². The molecule has 2 aromatic heterocycles. The molecule has 4 aromatic rings. The van der Waals surface area contributed by atoms with Crippen molar-refractivity contribution in [2.24, 2.45) is 0 Å². The summed E-state index contributed by atoms with van der Waals surface area (Å²) in [5.41, 5.74) is 3.35. The van der Waals surface area contributed by atoms with Crippen molar-refractivity contribution in [3.63, 3.8) is 0 Å². The van der Waals surface area contributed by atoms with Crippen molar-refractivity contribution in [3.05, 3.63) is 71.7 Å². The zero-order chi connectivity index (χ0) is 17.4. The highest BCUT2D eigenvalue weighted by Crippen LogP contribution is 2.30. The van der Waals surface area contributed by atoms with Crippen molar-refractivity contribution in [2.75, 3.05) is 5.32 Å². The number of hydrogen-bond donors (Lipinski definition) is 1. The van der Waals surface area contributed by atoms with Gasteiger partial charge in [-0.1, -0.05) is 12.1 Å². The second kappa shape index (κ2) is 6.18. The number of carbonyl (C=O) groups excluding carboxylic acids is 1. The largest absolute Gasteiger partial charge is 0.466 e. The van der Waals surface area contributed by atoms with E-state index in [0.29, 0.717) is 11.3 Å². The van der Waals surface area contributed by atoms with Gasteiger partial charge >= 0.3 is 0 Å². The molecule has 0 unspecified atom stereocenters. The molecule has 0 aliphatic carbocycles. The Morgan fingerprint density at radius 2 is 1.84 bits per heavy atom. The number of furan rings is 1. The van der Waals surface area contributed by atoms with E-state index < -0.39 is 0 Å². The van der Waals surface area contributed by atoms with Crippen LogP contribution in [0.25, 0.3) is 20.8 Å². The third-order valence-electron chi connectivity index (χ3n) is 3.97. The Kier molecular flexibility index (Phi) is 3.86. The summed E-state index contributed by atoms with van der Waals surface area (Å²) < 4.78 is 6.58. The first kappa shape index (κ1) is 15.6. The molecular weight excluding hydrogens is 332 g/mol. The van der Waals surface area contributed by atoms with Crippen molar-refractivity contribution >= 4 is 33.1 Å². The summed E-state index contributed by atoms with van der Waals surface area (Å²) in [6.07, 6.45) is 0. The number of fused-ring (bicyclic) bond motifs is 1. The topological polar surface area (TPSA) is 55.1 Å². The number of aromatic nitrogens is 1. The highest BCUT2D eigenvalue weighted by atomic mass is 32.1. The van der Waals surface area contributed by atoms with Crippen molar-refractivity contribution in [1.29, 1.82) is 0 Å². The van der Waals surface area contributed by atoms with Crippen molar-refractivity contribution in [3.8, 4) is 10.6 Å². The molecule has 5 heteroatoms. The smallest absolute Gasteiger partial charge is 0.259 e. The molecule has 0 aliphatic rings. The zero-order valence-corrected chi connectivity index (χ0v) is 14.7. The van der Waals surface area contributed by atoms with Gasteiger partial charge in [0, 0.05) is 11.3 Å². The Bertz CT molecular complexity index is 1030. The first-order valence-electron chi connectivity index (χ1n) is 7.94. The van der Waals surface area contributed by atoms with Gasteiger partial charge in [0.2, 0.25) is 0 Å². The molecule has 1 N–H and O–H groups in total. The van der Waals surface area contributed by atoms with Crippen LogP contribution in [0.3, 0.4) is 0 Å². The van der Waals surface area contributed by atoms with Crippen molar-refractivity contribution in [1.82, 2.24) is 4.98 Å². The summed E-state index contributed by atoms with van der Waals surface area (Å²) in [5.74, 6) is 1.19. The minimum absolute atomic E-state index is 0.165. The Hall–Kier alpha value is -2.92. The van der Waals surface area contributed by atoms with Gasteiger partial charge in [-0.25, -0.2) is 4.98 Å². The third-order valence-corrected chi connectivity index (χ3v) is 5.05. The molecule has 0 saturated heterocycles. The average molecular weight is 348 g/mol. The molecule has 0 saturated carbocycles. The van der Waals surface area contributed by atoms with E-state index in [1.807, 2.05) is 49.4 Å². The van der Waals surface area contributed by atoms with E-state index >= 15 is 0 Å². The van der Waals surface area contributed by atoms with E-state index in [2.05, 4.69) is 16.4 Å². The molecule has 0 bridgehead atoms. The van der Waals surface area contributed by atoms with E-state index in [4.69, 9.17) is 4.42 Å². The third kappa shape index (κ3) is 3.06. The molecule has 1 amide bonds. The lowest BCUT2D eigenvalue weighted by Crippen LogP contribution is -2.11. The summed E-state index contributed by atoms with van der Waals surface area (Å²) in [6, 6.07) is 17.6. The molecule has 4 rings (SSSR count). The molecule has 124 valence electrons. The highest BCUT2D eigenvalue weighted by Gasteiger charge is 2.14. The van der Waals surface area contributed by atoms with E-state index in [1.54, 1.807) is 24.3 Å². The summed E-state index contributed by atoms with van der Waals surface area (Å²) >= 11 is 1.66. The molecule has 0 aliphatic heterocycles. The molecule has 0 atom stereocenters. The van der Waals surface area contributed by atoms with Crippen LogP contribution in [0.5, 0.6) is 0 Å². The number of nitrogens with zero attached hydrogens (tertiary/aromatic N) is 1. The molecule has 0 spiro atoms. The van der Waals surface area contributed by atoms with Crippen LogP contribution in [0.2, 0.25) is 0 Å². The number of hydrogen-bond acceptors (Lipinski definition) is 4. The summed E-state index contributed by atoms with van der Waals surface area (Å²) in [4.78, 5) is 17.0. The van der Waals surface area contributed by atoms with Crippen LogP contribution in [0.4, 0.5) is 5.69 Å². The predicted molar refractivity (Wildman–Crippen MR) is 101 cm³/mol. The lowest BCUT2D eigenvalue weighted by molar-refractivity contribution is 0.102. The second-order valence-electron chi connectivity index (χ2n) is 5.85.